The quantitative estimate of drug-likeness (QED) is 0.687. The summed E-state index contributed by atoms with van der Waals surface area (Å²) >= 11 is 0. The highest BCUT2D eigenvalue weighted by Crippen LogP contribution is 2.64. The van der Waals surface area contributed by atoms with E-state index in [0.717, 1.165) is 0 Å². The Morgan fingerprint density at radius 1 is 1.40 bits per heavy atom. The number of azo groups is 1. The first-order valence-electron chi connectivity index (χ1n) is 5.28. The smallest absolute Gasteiger partial charge is 0.307 e. The number of hydrogen-bond acceptors (Lipinski definition) is 5. The fourth-order valence-electron chi connectivity index (χ4n) is 1.54. The van der Waals surface area contributed by atoms with Crippen LogP contribution in [0.15, 0.2) is 10.2 Å². The average Bonchev–Trinajstić information content (AvgIpc) is 2.49. The zero-order valence-corrected chi connectivity index (χ0v) is 10.7. The van der Waals surface area contributed by atoms with E-state index in [-0.39, 0.29) is 5.92 Å². The van der Waals surface area contributed by atoms with E-state index in [0.29, 0.717) is 19.8 Å². The van der Waals surface area contributed by atoms with Gasteiger partial charge in [-0.3, -0.25) is 4.57 Å². The van der Waals surface area contributed by atoms with Gasteiger partial charge in [-0.1, -0.05) is 6.92 Å². The highest BCUT2D eigenvalue weighted by molar-refractivity contribution is 7.55. The first-order valence-corrected chi connectivity index (χ1v) is 6.82. The highest BCUT2D eigenvalue weighted by Gasteiger charge is 2.53. The molecule has 0 unspecified atom stereocenters. The normalized spacial score (nSPS) is 31.1. The van der Waals surface area contributed by atoms with Gasteiger partial charge in [0.2, 0.25) is 0 Å². The van der Waals surface area contributed by atoms with Crippen LogP contribution in [0.3, 0.4) is 0 Å². The van der Waals surface area contributed by atoms with E-state index in [9.17, 15) is 4.57 Å². The largest absolute Gasteiger partial charge is 0.359 e. The number of hydrogen-bond donors (Lipinski definition) is 0. The van der Waals surface area contributed by atoms with Gasteiger partial charge < -0.3 is 9.05 Å². The standard InChI is InChI=1S/C9H19N2O3P/c1-5-13-15(12,14-6-2)9(4)8(3)7-10-11-9/h8H,5-7H2,1-4H3/t8-,9+/m1/s1. The van der Waals surface area contributed by atoms with Crippen molar-refractivity contribution in [3.63, 3.8) is 0 Å². The van der Waals surface area contributed by atoms with Gasteiger partial charge in [0, 0.05) is 5.92 Å². The molecule has 88 valence electrons. The summed E-state index contributed by atoms with van der Waals surface area (Å²) in [5.41, 5.74) is 0. The zero-order chi connectivity index (χ0) is 11.5. The fraction of sp³-hybridized carbons (Fsp3) is 1.00. The maximum Gasteiger partial charge on any atom is 0.359 e. The summed E-state index contributed by atoms with van der Waals surface area (Å²) in [5, 5.41) is 7.19. The van der Waals surface area contributed by atoms with Crippen LogP contribution in [-0.2, 0) is 13.6 Å². The Hall–Kier alpha value is -0.250. The van der Waals surface area contributed by atoms with Crippen molar-refractivity contribution in [3.8, 4) is 0 Å². The van der Waals surface area contributed by atoms with Crippen molar-refractivity contribution in [2.45, 2.75) is 33.0 Å². The maximum atomic E-state index is 12.5. The van der Waals surface area contributed by atoms with Crippen molar-refractivity contribution in [1.29, 1.82) is 0 Å². The van der Waals surface area contributed by atoms with Crippen molar-refractivity contribution >= 4 is 7.60 Å². The molecule has 0 saturated heterocycles. The van der Waals surface area contributed by atoms with Gasteiger partial charge in [-0.2, -0.15) is 10.2 Å². The van der Waals surface area contributed by atoms with Gasteiger partial charge in [-0.05, 0) is 20.8 Å². The lowest BCUT2D eigenvalue weighted by Crippen LogP contribution is -2.30. The van der Waals surface area contributed by atoms with Crippen molar-refractivity contribution in [2.75, 3.05) is 19.8 Å². The van der Waals surface area contributed by atoms with Gasteiger partial charge in [-0.15, -0.1) is 0 Å². The Morgan fingerprint density at radius 2 is 1.93 bits per heavy atom. The molecule has 0 aromatic rings. The van der Waals surface area contributed by atoms with E-state index in [1.807, 2.05) is 6.92 Å². The van der Waals surface area contributed by atoms with Gasteiger partial charge in [0.05, 0.1) is 19.8 Å². The molecule has 15 heavy (non-hydrogen) atoms. The molecule has 1 aliphatic heterocycles. The molecule has 0 amide bonds. The van der Waals surface area contributed by atoms with Crippen LogP contribution >= 0.6 is 7.60 Å². The van der Waals surface area contributed by atoms with Crippen LogP contribution in [0.2, 0.25) is 0 Å². The molecule has 5 nitrogen and oxygen atoms in total. The Kier molecular flexibility index (Phi) is 4.04. The molecule has 0 N–H and O–H groups in total. The Bertz CT molecular complexity index is 285. The van der Waals surface area contributed by atoms with Gasteiger partial charge >= 0.3 is 7.60 Å². The molecule has 0 fully saturated rings. The monoisotopic (exact) mass is 234 g/mol. The molecule has 0 aromatic carbocycles. The molecule has 1 heterocycles. The Balaban J connectivity index is 2.97. The van der Waals surface area contributed by atoms with E-state index in [1.54, 1.807) is 20.8 Å². The predicted octanol–water partition coefficient (Wildman–Crippen LogP) is 3.07. The lowest BCUT2D eigenvalue weighted by molar-refractivity contribution is 0.190. The van der Waals surface area contributed by atoms with Crippen molar-refractivity contribution in [1.82, 2.24) is 0 Å². The minimum absolute atomic E-state index is 0.0847. The minimum atomic E-state index is -3.20. The summed E-state index contributed by atoms with van der Waals surface area (Å²) in [6, 6.07) is 0. The van der Waals surface area contributed by atoms with Crippen LogP contribution in [-0.4, -0.2) is 25.0 Å². The highest BCUT2D eigenvalue weighted by atomic mass is 31.2. The Morgan fingerprint density at radius 3 is 2.27 bits per heavy atom. The lowest BCUT2D eigenvalue weighted by Gasteiger charge is -2.32. The third-order valence-corrected chi connectivity index (χ3v) is 5.55. The molecule has 0 radical (unpaired) electrons. The van der Waals surface area contributed by atoms with Gasteiger partial charge in [-0.25, -0.2) is 0 Å². The number of nitrogens with zero attached hydrogens (tertiary/aromatic N) is 2. The third kappa shape index (κ3) is 2.14. The Labute approximate surface area is 90.8 Å². The van der Waals surface area contributed by atoms with Gasteiger partial charge in [0.1, 0.15) is 0 Å². The fourth-order valence-corrected chi connectivity index (χ4v) is 3.61. The van der Waals surface area contributed by atoms with Crippen LogP contribution in [0, 0.1) is 5.92 Å². The molecule has 1 aliphatic rings. The average molecular weight is 234 g/mol. The van der Waals surface area contributed by atoms with E-state index < -0.39 is 12.9 Å². The second-order valence-electron chi connectivity index (χ2n) is 3.75. The van der Waals surface area contributed by atoms with Crippen LogP contribution in [0.5, 0.6) is 0 Å². The molecule has 0 aromatic heterocycles. The molecule has 0 saturated carbocycles. The zero-order valence-electron chi connectivity index (χ0n) is 9.77. The summed E-state index contributed by atoms with van der Waals surface area (Å²) in [6.07, 6.45) is 0. The molecule has 0 bridgehead atoms. The van der Waals surface area contributed by atoms with Crippen LogP contribution in [0.4, 0.5) is 0 Å². The van der Waals surface area contributed by atoms with Crippen LogP contribution in [0.1, 0.15) is 27.7 Å². The summed E-state index contributed by atoms with van der Waals surface area (Å²) in [7, 11) is -3.20. The minimum Gasteiger partial charge on any atom is -0.307 e. The molecule has 0 aliphatic carbocycles. The maximum absolute atomic E-state index is 12.5. The summed E-state index contributed by atoms with van der Waals surface area (Å²) in [6.45, 7) is 8.65. The summed E-state index contributed by atoms with van der Waals surface area (Å²) in [4.78, 5) is 0. The second-order valence-corrected chi connectivity index (χ2v) is 6.17. The summed E-state index contributed by atoms with van der Waals surface area (Å²) < 4.78 is 23.2. The lowest BCUT2D eigenvalue weighted by atomic mass is 10.1. The van der Waals surface area contributed by atoms with Gasteiger partial charge in [0.15, 0.2) is 5.28 Å². The van der Waals surface area contributed by atoms with Crippen molar-refractivity contribution in [3.05, 3.63) is 0 Å². The molecule has 2 atom stereocenters. The van der Waals surface area contributed by atoms with Crippen molar-refractivity contribution in [2.24, 2.45) is 16.1 Å². The molecule has 0 spiro atoms. The predicted molar refractivity (Wildman–Crippen MR) is 58.2 cm³/mol. The SMILES string of the molecule is CCOP(=O)(OCC)[C@]1(C)N=NC[C@H]1C. The molecular weight excluding hydrogens is 215 g/mol. The van der Waals surface area contributed by atoms with Crippen molar-refractivity contribution < 1.29 is 13.6 Å². The molecule has 6 heteroatoms. The van der Waals surface area contributed by atoms with E-state index in [1.165, 1.54) is 0 Å². The summed E-state index contributed by atoms with van der Waals surface area (Å²) in [5.74, 6) is 0.0847. The van der Waals surface area contributed by atoms with E-state index in [2.05, 4.69) is 10.2 Å². The van der Waals surface area contributed by atoms with E-state index in [4.69, 9.17) is 9.05 Å². The van der Waals surface area contributed by atoms with Gasteiger partial charge in [0.25, 0.3) is 0 Å². The topological polar surface area (TPSA) is 60.2 Å². The first-order chi connectivity index (χ1) is 7.00. The van der Waals surface area contributed by atoms with Crippen LogP contribution < -0.4 is 0 Å². The van der Waals surface area contributed by atoms with Crippen LogP contribution in [0.25, 0.3) is 0 Å². The molecular formula is C9H19N2O3P. The third-order valence-electron chi connectivity index (χ3n) is 2.71. The number of rotatable bonds is 5. The van der Waals surface area contributed by atoms with E-state index >= 15 is 0 Å². The molecule has 1 rings (SSSR count). The second kappa shape index (κ2) is 4.73. The first kappa shape index (κ1) is 12.8.